The zero-order valence-corrected chi connectivity index (χ0v) is 16.1. The molecule has 4 rings (SSSR count). The second-order valence-electron chi connectivity index (χ2n) is 7.47. The summed E-state index contributed by atoms with van der Waals surface area (Å²) in [6.45, 7) is 5.65. The monoisotopic (exact) mass is 359 g/mol. The number of nitrogens with zero attached hydrogens (tertiary/aromatic N) is 3. The normalized spacial score (nSPS) is 21.1. The standard InChI is InChI=1S/C20H29N3OS/c1-15-14-17-18(25-15)20(23-10-12-24-13-11-23)22-19(21-17)16-8-6-4-2-3-5-7-9-16/h14,16H,2-13H2,1H3. The van der Waals surface area contributed by atoms with E-state index < -0.39 is 0 Å². The highest BCUT2D eigenvalue weighted by Gasteiger charge is 2.22. The Morgan fingerprint density at radius 2 is 1.68 bits per heavy atom. The van der Waals surface area contributed by atoms with Crippen molar-refractivity contribution < 1.29 is 4.74 Å². The number of ether oxygens (including phenoxy) is 1. The first-order valence-corrected chi connectivity index (χ1v) is 10.7. The third-order valence-electron chi connectivity index (χ3n) is 5.53. The Morgan fingerprint density at radius 1 is 1.00 bits per heavy atom. The van der Waals surface area contributed by atoms with Crippen molar-refractivity contribution in [1.82, 2.24) is 9.97 Å². The predicted molar refractivity (Wildman–Crippen MR) is 105 cm³/mol. The van der Waals surface area contributed by atoms with Crippen LogP contribution < -0.4 is 4.90 Å². The number of morpholine rings is 1. The molecule has 0 radical (unpaired) electrons. The summed E-state index contributed by atoms with van der Waals surface area (Å²) in [7, 11) is 0. The van der Waals surface area contributed by atoms with Crippen LogP contribution in [0.2, 0.25) is 0 Å². The van der Waals surface area contributed by atoms with Gasteiger partial charge >= 0.3 is 0 Å². The van der Waals surface area contributed by atoms with Gasteiger partial charge in [0.05, 0.1) is 23.4 Å². The minimum Gasteiger partial charge on any atom is -0.378 e. The van der Waals surface area contributed by atoms with Crippen LogP contribution in [-0.4, -0.2) is 36.3 Å². The lowest BCUT2D eigenvalue weighted by Crippen LogP contribution is -2.37. The molecule has 0 amide bonds. The molecule has 2 aromatic rings. The topological polar surface area (TPSA) is 38.2 Å². The van der Waals surface area contributed by atoms with E-state index in [1.54, 1.807) is 0 Å². The molecule has 0 unspecified atom stereocenters. The number of hydrogen-bond donors (Lipinski definition) is 0. The molecule has 2 fully saturated rings. The van der Waals surface area contributed by atoms with Crippen LogP contribution in [0.4, 0.5) is 5.82 Å². The fraction of sp³-hybridized carbons (Fsp3) is 0.700. The summed E-state index contributed by atoms with van der Waals surface area (Å²) < 4.78 is 6.80. The number of thiophene rings is 1. The predicted octanol–water partition coefficient (Wildman–Crippen LogP) is 5.05. The van der Waals surface area contributed by atoms with Gasteiger partial charge in [0.25, 0.3) is 0 Å². The van der Waals surface area contributed by atoms with Crippen molar-refractivity contribution in [2.75, 3.05) is 31.2 Å². The molecule has 0 atom stereocenters. The molecule has 5 heteroatoms. The second-order valence-corrected chi connectivity index (χ2v) is 8.73. The van der Waals surface area contributed by atoms with Crippen LogP contribution in [0.5, 0.6) is 0 Å². The van der Waals surface area contributed by atoms with Gasteiger partial charge in [-0.3, -0.25) is 0 Å². The quantitative estimate of drug-likeness (QED) is 0.752. The van der Waals surface area contributed by atoms with Gasteiger partial charge in [-0.2, -0.15) is 0 Å². The van der Waals surface area contributed by atoms with Gasteiger partial charge < -0.3 is 9.64 Å². The largest absolute Gasteiger partial charge is 0.378 e. The lowest BCUT2D eigenvalue weighted by molar-refractivity contribution is 0.122. The van der Waals surface area contributed by atoms with Gasteiger partial charge in [0, 0.05) is 23.9 Å². The van der Waals surface area contributed by atoms with Crippen molar-refractivity contribution >= 4 is 27.4 Å². The molecule has 0 aromatic carbocycles. The minimum absolute atomic E-state index is 0.530. The van der Waals surface area contributed by atoms with Gasteiger partial charge in [0.15, 0.2) is 5.82 Å². The molecule has 2 aromatic heterocycles. The Labute approximate surface area is 154 Å². The Hall–Kier alpha value is -1.20. The lowest BCUT2D eigenvalue weighted by atomic mass is 9.96. The summed E-state index contributed by atoms with van der Waals surface area (Å²) in [5.41, 5.74) is 1.15. The van der Waals surface area contributed by atoms with Crippen LogP contribution in [-0.2, 0) is 4.74 Å². The van der Waals surface area contributed by atoms with E-state index in [0.29, 0.717) is 5.92 Å². The van der Waals surface area contributed by atoms with Gasteiger partial charge in [-0.25, -0.2) is 9.97 Å². The molecule has 1 saturated heterocycles. The molecule has 136 valence electrons. The zero-order valence-electron chi connectivity index (χ0n) is 15.3. The van der Waals surface area contributed by atoms with Crippen molar-refractivity contribution in [1.29, 1.82) is 0 Å². The lowest BCUT2D eigenvalue weighted by Gasteiger charge is -2.29. The maximum absolute atomic E-state index is 5.55. The summed E-state index contributed by atoms with van der Waals surface area (Å²) in [6.07, 6.45) is 10.7. The van der Waals surface area contributed by atoms with Gasteiger partial charge in [0.2, 0.25) is 0 Å². The summed E-state index contributed by atoms with van der Waals surface area (Å²) in [5.74, 6) is 2.78. The van der Waals surface area contributed by atoms with Crippen LogP contribution in [0.25, 0.3) is 10.2 Å². The SMILES string of the molecule is Cc1cc2nc(C3CCCCCCCC3)nc(N3CCOCC3)c2s1. The number of fused-ring (bicyclic) bond motifs is 1. The van der Waals surface area contributed by atoms with E-state index in [1.165, 1.54) is 60.9 Å². The van der Waals surface area contributed by atoms with Crippen molar-refractivity contribution in [3.63, 3.8) is 0 Å². The second kappa shape index (κ2) is 8.00. The Balaban J connectivity index is 1.70. The first-order valence-electron chi connectivity index (χ1n) is 9.92. The van der Waals surface area contributed by atoms with Crippen molar-refractivity contribution in [2.24, 2.45) is 0 Å². The third-order valence-corrected chi connectivity index (χ3v) is 6.56. The van der Waals surface area contributed by atoms with E-state index in [0.717, 1.165) is 43.5 Å². The number of rotatable bonds is 2. The van der Waals surface area contributed by atoms with Crippen LogP contribution in [0.1, 0.15) is 68.0 Å². The highest BCUT2D eigenvalue weighted by atomic mass is 32.1. The number of hydrogen-bond acceptors (Lipinski definition) is 5. The molecule has 0 bridgehead atoms. The summed E-state index contributed by atoms with van der Waals surface area (Å²) in [6, 6.07) is 2.24. The average Bonchev–Trinajstić information content (AvgIpc) is 3.07. The summed E-state index contributed by atoms with van der Waals surface area (Å²) in [5, 5.41) is 0. The van der Waals surface area contributed by atoms with Crippen LogP contribution in [0.3, 0.4) is 0 Å². The van der Waals surface area contributed by atoms with E-state index in [2.05, 4.69) is 17.9 Å². The Kier molecular flexibility index (Phi) is 5.51. The van der Waals surface area contributed by atoms with E-state index in [9.17, 15) is 0 Å². The van der Waals surface area contributed by atoms with Gasteiger partial charge in [-0.05, 0) is 25.8 Å². The summed E-state index contributed by atoms with van der Waals surface area (Å²) >= 11 is 1.83. The van der Waals surface area contributed by atoms with E-state index in [1.807, 2.05) is 11.3 Å². The zero-order chi connectivity index (χ0) is 17.1. The van der Waals surface area contributed by atoms with Gasteiger partial charge in [0.1, 0.15) is 5.82 Å². The van der Waals surface area contributed by atoms with Crippen LogP contribution in [0, 0.1) is 6.92 Å². The first-order chi connectivity index (χ1) is 12.3. The van der Waals surface area contributed by atoms with E-state index in [-0.39, 0.29) is 0 Å². The summed E-state index contributed by atoms with van der Waals surface area (Å²) in [4.78, 5) is 13.9. The molecule has 1 saturated carbocycles. The van der Waals surface area contributed by atoms with Gasteiger partial charge in [-0.15, -0.1) is 11.3 Å². The molecule has 1 aliphatic heterocycles. The Morgan fingerprint density at radius 3 is 2.40 bits per heavy atom. The average molecular weight is 360 g/mol. The van der Waals surface area contributed by atoms with Crippen molar-refractivity contribution in [2.45, 2.75) is 64.2 Å². The van der Waals surface area contributed by atoms with E-state index in [4.69, 9.17) is 14.7 Å². The number of aromatic nitrogens is 2. The minimum atomic E-state index is 0.530. The first kappa shape index (κ1) is 17.2. The molecule has 0 spiro atoms. The highest BCUT2D eigenvalue weighted by molar-refractivity contribution is 7.19. The molecule has 4 nitrogen and oxygen atoms in total. The molecule has 1 aliphatic carbocycles. The maximum atomic E-state index is 5.55. The maximum Gasteiger partial charge on any atom is 0.150 e. The molecule has 3 heterocycles. The molecular formula is C20H29N3OS. The van der Waals surface area contributed by atoms with Crippen LogP contribution >= 0.6 is 11.3 Å². The van der Waals surface area contributed by atoms with Gasteiger partial charge in [-0.1, -0.05) is 38.5 Å². The molecule has 25 heavy (non-hydrogen) atoms. The van der Waals surface area contributed by atoms with E-state index >= 15 is 0 Å². The fourth-order valence-corrected chi connectivity index (χ4v) is 5.08. The highest BCUT2D eigenvalue weighted by Crippen LogP contribution is 2.36. The number of anilines is 1. The Bertz CT molecular complexity index is 698. The smallest absolute Gasteiger partial charge is 0.150 e. The third kappa shape index (κ3) is 3.98. The fourth-order valence-electron chi connectivity index (χ4n) is 4.11. The van der Waals surface area contributed by atoms with Crippen molar-refractivity contribution in [3.8, 4) is 0 Å². The molecule has 0 N–H and O–H groups in total. The molecular weight excluding hydrogens is 330 g/mol. The molecule has 2 aliphatic rings. The van der Waals surface area contributed by atoms with Crippen LogP contribution in [0.15, 0.2) is 6.07 Å². The van der Waals surface area contributed by atoms with Crippen molar-refractivity contribution in [3.05, 3.63) is 16.8 Å². The number of aryl methyl sites for hydroxylation is 1.